The molecule has 0 aliphatic carbocycles. The van der Waals surface area contributed by atoms with Crippen molar-refractivity contribution in [2.24, 2.45) is 4.99 Å². The van der Waals surface area contributed by atoms with E-state index >= 15 is 0 Å². The number of nitrogens with one attached hydrogen (secondary N) is 3. The minimum Gasteiger partial charge on any atom is -0.357 e. The molecular formula is C16H26N4O. The van der Waals surface area contributed by atoms with Gasteiger partial charge in [-0.1, -0.05) is 37.3 Å². The summed E-state index contributed by atoms with van der Waals surface area (Å²) in [6, 6.07) is 10.1. The van der Waals surface area contributed by atoms with Crippen molar-refractivity contribution in [1.82, 2.24) is 16.0 Å². The molecule has 1 amide bonds. The van der Waals surface area contributed by atoms with Gasteiger partial charge in [0.25, 0.3) is 0 Å². The average Bonchev–Trinajstić information content (AvgIpc) is 2.51. The Hall–Kier alpha value is -2.04. The number of amides is 1. The summed E-state index contributed by atoms with van der Waals surface area (Å²) in [5.74, 6) is 0.636. The smallest absolute Gasteiger partial charge is 0.241 e. The maximum atomic E-state index is 11.7. The van der Waals surface area contributed by atoms with Crippen molar-refractivity contribution in [1.29, 1.82) is 0 Å². The van der Waals surface area contributed by atoms with Crippen LogP contribution in [0.25, 0.3) is 0 Å². The van der Waals surface area contributed by atoms with Crippen molar-refractivity contribution < 1.29 is 4.79 Å². The maximum absolute atomic E-state index is 11.7. The van der Waals surface area contributed by atoms with Crippen LogP contribution in [0.5, 0.6) is 0 Å². The lowest BCUT2D eigenvalue weighted by Gasteiger charge is -2.10. The Balaban J connectivity index is 2.28. The Bertz CT molecular complexity index is 431. The number of nitrogens with zero attached hydrogens (tertiary/aromatic N) is 1. The number of aliphatic imine (C=N–C) groups is 1. The van der Waals surface area contributed by atoms with E-state index in [2.05, 4.69) is 40.0 Å². The molecule has 0 bridgehead atoms. The largest absolute Gasteiger partial charge is 0.357 e. The van der Waals surface area contributed by atoms with Gasteiger partial charge in [-0.2, -0.15) is 0 Å². The van der Waals surface area contributed by atoms with E-state index in [0.29, 0.717) is 12.5 Å². The summed E-state index contributed by atoms with van der Waals surface area (Å²) in [7, 11) is 0. The van der Waals surface area contributed by atoms with E-state index in [0.717, 1.165) is 25.9 Å². The van der Waals surface area contributed by atoms with Crippen LogP contribution < -0.4 is 16.0 Å². The van der Waals surface area contributed by atoms with Gasteiger partial charge in [-0.3, -0.25) is 4.79 Å². The highest BCUT2D eigenvalue weighted by Gasteiger charge is 2.01. The van der Waals surface area contributed by atoms with Crippen LogP contribution in [0, 0.1) is 0 Å². The van der Waals surface area contributed by atoms with Gasteiger partial charge < -0.3 is 16.0 Å². The molecule has 0 spiro atoms. The van der Waals surface area contributed by atoms with Crippen molar-refractivity contribution in [3.8, 4) is 0 Å². The Morgan fingerprint density at radius 1 is 1.05 bits per heavy atom. The highest BCUT2D eigenvalue weighted by atomic mass is 16.1. The minimum absolute atomic E-state index is 0.0559. The van der Waals surface area contributed by atoms with Gasteiger partial charge in [0.1, 0.15) is 6.54 Å². The Morgan fingerprint density at radius 3 is 2.48 bits per heavy atom. The first-order valence-corrected chi connectivity index (χ1v) is 7.59. The van der Waals surface area contributed by atoms with Crippen LogP contribution in [-0.4, -0.2) is 38.0 Å². The molecule has 1 rings (SSSR count). The lowest BCUT2D eigenvalue weighted by molar-refractivity contribution is -0.119. The molecular weight excluding hydrogens is 264 g/mol. The highest BCUT2D eigenvalue weighted by molar-refractivity contribution is 5.84. The van der Waals surface area contributed by atoms with Crippen LogP contribution in [0.3, 0.4) is 0 Å². The quantitative estimate of drug-likeness (QED) is 0.499. The van der Waals surface area contributed by atoms with E-state index in [-0.39, 0.29) is 12.5 Å². The van der Waals surface area contributed by atoms with Gasteiger partial charge in [-0.15, -0.1) is 0 Å². The number of benzene rings is 1. The van der Waals surface area contributed by atoms with Crippen molar-refractivity contribution in [3.05, 3.63) is 35.9 Å². The van der Waals surface area contributed by atoms with E-state index < -0.39 is 0 Å². The second-order valence-electron chi connectivity index (χ2n) is 4.71. The molecule has 3 N–H and O–H groups in total. The van der Waals surface area contributed by atoms with E-state index in [1.165, 1.54) is 5.56 Å². The van der Waals surface area contributed by atoms with Crippen molar-refractivity contribution in [2.75, 3.05) is 26.2 Å². The van der Waals surface area contributed by atoms with Gasteiger partial charge in [0.2, 0.25) is 5.91 Å². The number of hydrogen-bond donors (Lipinski definition) is 3. The summed E-state index contributed by atoms with van der Waals surface area (Å²) in [4.78, 5) is 16.0. The monoisotopic (exact) mass is 290 g/mol. The molecule has 0 atom stereocenters. The van der Waals surface area contributed by atoms with Gasteiger partial charge >= 0.3 is 0 Å². The summed E-state index contributed by atoms with van der Waals surface area (Å²) in [5.41, 5.74) is 1.22. The zero-order chi connectivity index (χ0) is 15.3. The fraction of sp³-hybridized carbons (Fsp3) is 0.500. The molecule has 0 aromatic heterocycles. The molecule has 0 radical (unpaired) electrons. The predicted molar refractivity (Wildman–Crippen MR) is 87.4 cm³/mol. The van der Waals surface area contributed by atoms with Gasteiger partial charge in [0, 0.05) is 19.6 Å². The molecule has 0 aliphatic rings. The molecule has 116 valence electrons. The van der Waals surface area contributed by atoms with Gasteiger partial charge in [-0.25, -0.2) is 4.99 Å². The second kappa shape index (κ2) is 10.7. The predicted octanol–water partition coefficient (Wildman–Crippen LogP) is 1.31. The first kappa shape index (κ1) is 17.0. The Labute approximate surface area is 127 Å². The summed E-state index contributed by atoms with van der Waals surface area (Å²) < 4.78 is 0. The molecule has 0 saturated carbocycles. The molecule has 0 heterocycles. The van der Waals surface area contributed by atoms with Crippen LogP contribution in [0.4, 0.5) is 0 Å². The van der Waals surface area contributed by atoms with Gasteiger partial charge in [0.05, 0.1) is 0 Å². The minimum atomic E-state index is -0.0559. The number of guanidine groups is 1. The first-order chi connectivity index (χ1) is 10.3. The van der Waals surface area contributed by atoms with Crippen LogP contribution >= 0.6 is 0 Å². The third kappa shape index (κ3) is 7.97. The Kier molecular flexibility index (Phi) is 8.68. The lowest BCUT2D eigenvalue weighted by Crippen LogP contribution is -2.39. The van der Waals surface area contributed by atoms with Gasteiger partial charge in [-0.05, 0) is 25.3 Å². The van der Waals surface area contributed by atoms with E-state index in [1.807, 2.05) is 25.1 Å². The van der Waals surface area contributed by atoms with Crippen molar-refractivity contribution in [2.45, 2.75) is 26.7 Å². The van der Waals surface area contributed by atoms with Gasteiger partial charge in [0.15, 0.2) is 5.96 Å². The number of carbonyl (C=O) groups is 1. The highest BCUT2D eigenvalue weighted by Crippen LogP contribution is 1.97. The molecule has 5 heteroatoms. The molecule has 0 unspecified atom stereocenters. The molecule has 1 aromatic rings. The lowest BCUT2D eigenvalue weighted by atomic mass is 10.1. The summed E-state index contributed by atoms with van der Waals surface area (Å²) in [6.45, 7) is 6.51. The third-order valence-electron chi connectivity index (χ3n) is 2.85. The standard InChI is InChI=1S/C16H26N4O/c1-3-11-19-16(17-4-2)20-13-15(21)18-12-10-14-8-6-5-7-9-14/h5-9H,3-4,10-13H2,1-2H3,(H,18,21)(H2,17,19,20). The summed E-state index contributed by atoms with van der Waals surface area (Å²) >= 11 is 0. The maximum Gasteiger partial charge on any atom is 0.241 e. The summed E-state index contributed by atoms with van der Waals surface area (Å²) in [5, 5.41) is 9.16. The zero-order valence-corrected chi connectivity index (χ0v) is 13.0. The number of carbonyl (C=O) groups excluding carboxylic acids is 1. The normalized spacial score (nSPS) is 11.0. The molecule has 1 aromatic carbocycles. The van der Waals surface area contributed by atoms with Crippen LogP contribution in [-0.2, 0) is 11.2 Å². The second-order valence-corrected chi connectivity index (χ2v) is 4.71. The molecule has 21 heavy (non-hydrogen) atoms. The zero-order valence-electron chi connectivity index (χ0n) is 13.0. The fourth-order valence-electron chi connectivity index (χ4n) is 1.78. The van der Waals surface area contributed by atoms with Crippen molar-refractivity contribution in [3.63, 3.8) is 0 Å². The van der Waals surface area contributed by atoms with Crippen molar-refractivity contribution >= 4 is 11.9 Å². The summed E-state index contributed by atoms with van der Waals surface area (Å²) in [6.07, 6.45) is 1.86. The fourth-order valence-corrected chi connectivity index (χ4v) is 1.78. The average molecular weight is 290 g/mol. The topological polar surface area (TPSA) is 65.5 Å². The Morgan fingerprint density at radius 2 is 1.81 bits per heavy atom. The molecule has 0 fully saturated rings. The molecule has 0 saturated heterocycles. The third-order valence-corrected chi connectivity index (χ3v) is 2.85. The SMILES string of the molecule is CCCNC(=NCC(=O)NCCc1ccccc1)NCC. The first-order valence-electron chi connectivity index (χ1n) is 7.59. The van der Waals surface area contributed by atoms with Crippen LogP contribution in [0.15, 0.2) is 35.3 Å². The van der Waals surface area contributed by atoms with Crippen LogP contribution in [0.2, 0.25) is 0 Å². The van der Waals surface area contributed by atoms with E-state index in [9.17, 15) is 4.79 Å². The molecule has 5 nitrogen and oxygen atoms in total. The van der Waals surface area contributed by atoms with E-state index in [1.54, 1.807) is 0 Å². The molecule has 0 aliphatic heterocycles. The van der Waals surface area contributed by atoms with E-state index in [4.69, 9.17) is 0 Å². The van der Waals surface area contributed by atoms with Crippen LogP contribution in [0.1, 0.15) is 25.8 Å². The number of rotatable bonds is 8. The number of hydrogen-bond acceptors (Lipinski definition) is 2.